The summed E-state index contributed by atoms with van der Waals surface area (Å²) in [6, 6.07) is 1.65. The molecule has 18 heavy (non-hydrogen) atoms. The van der Waals surface area contributed by atoms with E-state index in [-0.39, 0.29) is 0 Å². The van der Waals surface area contributed by atoms with Crippen LogP contribution in [0, 0.1) is 0 Å². The van der Waals surface area contributed by atoms with Crippen LogP contribution in [-0.2, 0) is 0 Å². The van der Waals surface area contributed by atoms with Crippen LogP contribution >= 0.6 is 0 Å². The first-order chi connectivity index (χ1) is 8.79. The molecule has 0 spiro atoms. The summed E-state index contributed by atoms with van der Waals surface area (Å²) in [6.45, 7) is 12.3. The van der Waals surface area contributed by atoms with Crippen molar-refractivity contribution in [3.63, 3.8) is 0 Å². The molecule has 106 valence electrons. The van der Waals surface area contributed by atoms with E-state index in [0.29, 0.717) is 0 Å². The van der Waals surface area contributed by atoms with Gasteiger partial charge in [-0.1, -0.05) is 6.92 Å². The lowest BCUT2D eigenvalue weighted by atomic mass is 10.1. The largest absolute Gasteiger partial charge is 0.314 e. The average Bonchev–Trinajstić information content (AvgIpc) is 3.20. The number of hydrogen-bond acceptors (Lipinski definition) is 3. The molecule has 1 saturated carbocycles. The van der Waals surface area contributed by atoms with Gasteiger partial charge in [0.25, 0.3) is 0 Å². The Morgan fingerprint density at radius 3 is 2.50 bits per heavy atom. The van der Waals surface area contributed by atoms with E-state index in [1.165, 1.54) is 71.4 Å². The van der Waals surface area contributed by atoms with Crippen molar-refractivity contribution in [2.75, 3.05) is 39.3 Å². The number of hydrogen-bond donors (Lipinski definition) is 1. The SMILES string of the molecule is CCCN1CCN([C@@H](C)CCCNC2CC2)CC1. The van der Waals surface area contributed by atoms with Crippen LogP contribution in [0.15, 0.2) is 0 Å². The number of nitrogens with zero attached hydrogens (tertiary/aromatic N) is 2. The van der Waals surface area contributed by atoms with Gasteiger partial charge in [-0.2, -0.15) is 0 Å². The predicted octanol–water partition coefficient (Wildman–Crippen LogP) is 1.93. The fourth-order valence-electron chi connectivity index (χ4n) is 2.92. The molecule has 3 heteroatoms. The average molecular weight is 253 g/mol. The Morgan fingerprint density at radius 1 is 1.17 bits per heavy atom. The number of piperazine rings is 1. The summed E-state index contributed by atoms with van der Waals surface area (Å²) in [6.07, 6.45) is 6.81. The second-order valence-electron chi connectivity index (χ2n) is 6.10. The van der Waals surface area contributed by atoms with Crippen LogP contribution < -0.4 is 5.32 Å². The van der Waals surface area contributed by atoms with Crippen LogP contribution in [0.2, 0.25) is 0 Å². The van der Waals surface area contributed by atoms with Gasteiger partial charge in [0, 0.05) is 38.3 Å². The van der Waals surface area contributed by atoms with E-state index in [9.17, 15) is 0 Å². The Labute approximate surface area is 113 Å². The van der Waals surface area contributed by atoms with Gasteiger partial charge < -0.3 is 10.2 Å². The summed E-state index contributed by atoms with van der Waals surface area (Å²) >= 11 is 0. The molecule has 0 bridgehead atoms. The first-order valence-corrected chi connectivity index (χ1v) is 7.99. The quantitative estimate of drug-likeness (QED) is 0.667. The van der Waals surface area contributed by atoms with E-state index >= 15 is 0 Å². The summed E-state index contributed by atoms with van der Waals surface area (Å²) in [5, 5.41) is 3.61. The molecule has 1 aliphatic carbocycles. The van der Waals surface area contributed by atoms with Gasteiger partial charge in [-0.15, -0.1) is 0 Å². The highest BCUT2D eigenvalue weighted by molar-refractivity contribution is 4.81. The van der Waals surface area contributed by atoms with Gasteiger partial charge in [-0.3, -0.25) is 4.90 Å². The zero-order valence-corrected chi connectivity index (χ0v) is 12.3. The maximum atomic E-state index is 3.61. The van der Waals surface area contributed by atoms with Crippen LogP contribution in [0.3, 0.4) is 0 Å². The van der Waals surface area contributed by atoms with Crippen molar-refractivity contribution in [1.82, 2.24) is 15.1 Å². The molecule has 1 atom stereocenters. The fourth-order valence-corrected chi connectivity index (χ4v) is 2.92. The Bertz CT molecular complexity index is 220. The molecular formula is C15H31N3. The molecule has 1 N–H and O–H groups in total. The molecule has 2 aliphatic rings. The monoisotopic (exact) mass is 253 g/mol. The standard InChI is InChI=1S/C15H31N3/c1-3-9-17-10-12-18(13-11-17)14(2)5-4-8-16-15-6-7-15/h14-16H,3-13H2,1-2H3/t14-/m0/s1. The lowest BCUT2D eigenvalue weighted by Gasteiger charge is -2.38. The molecule has 0 aromatic carbocycles. The van der Waals surface area contributed by atoms with Gasteiger partial charge in [0.1, 0.15) is 0 Å². The third-order valence-corrected chi connectivity index (χ3v) is 4.38. The fraction of sp³-hybridized carbons (Fsp3) is 1.00. The molecule has 2 fully saturated rings. The first-order valence-electron chi connectivity index (χ1n) is 7.99. The van der Waals surface area contributed by atoms with Gasteiger partial charge in [0.2, 0.25) is 0 Å². The minimum Gasteiger partial charge on any atom is -0.314 e. The molecular weight excluding hydrogens is 222 g/mol. The molecule has 1 aliphatic heterocycles. The van der Waals surface area contributed by atoms with Crippen LogP contribution in [-0.4, -0.2) is 61.2 Å². The maximum Gasteiger partial charge on any atom is 0.0113 e. The summed E-state index contributed by atoms with van der Waals surface area (Å²) in [4.78, 5) is 5.29. The molecule has 1 heterocycles. The summed E-state index contributed by atoms with van der Waals surface area (Å²) in [5.41, 5.74) is 0. The van der Waals surface area contributed by atoms with Gasteiger partial charge in [0.05, 0.1) is 0 Å². The van der Waals surface area contributed by atoms with Crippen LogP contribution in [0.1, 0.15) is 46.0 Å². The van der Waals surface area contributed by atoms with Crippen molar-refractivity contribution >= 4 is 0 Å². The molecule has 2 rings (SSSR count). The lowest BCUT2D eigenvalue weighted by Crippen LogP contribution is -2.49. The van der Waals surface area contributed by atoms with Gasteiger partial charge in [-0.25, -0.2) is 0 Å². The Hall–Kier alpha value is -0.120. The topological polar surface area (TPSA) is 18.5 Å². The normalized spacial score (nSPS) is 24.3. The lowest BCUT2D eigenvalue weighted by molar-refractivity contribution is 0.0980. The number of nitrogens with one attached hydrogen (secondary N) is 1. The number of rotatable bonds is 8. The zero-order valence-electron chi connectivity index (χ0n) is 12.3. The minimum atomic E-state index is 0.773. The van der Waals surface area contributed by atoms with Crippen molar-refractivity contribution in [2.45, 2.75) is 58.0 Å². The highest BCUT2D eigenvalue weighted by Gasteiger charge is 2.21. The second kappa shape index (κ2) is 7.46. The molecule has 1 saturated heterocycles. The molecule has 0 unspecified atom stereocenters. The molecule has 0 aromatic heterocycles. The van der Waals surface area contributed by atoms with Gasteiger partial charge >= 0.3 is 0 Å². The second-order valence-corrected chi connectivity index (χ2v) is 6.10. The van der Waals surface area contributed by atoms with Crippen molar-refractivity contribution in [1.29, 1.82) is 0 Å². The van der Waals surface area contributed by atoms with Crippen molar-refractivity contribution in [2.24, 2.45) is 0 Å². The smallest absolute Gasteiger partial charge is 0.0113 e. The van der Waals surface area contributed by atoms with E-state index in [0.717, 1.165) is 12.1 Å². The third-order valence-electron chi connectivity index (χ3n) is 4.38. The zero-order chi connectivity index (χ0) is 12.8. The molecule has 0 radical (unpaired) electrons. The molecule has 0 aromatic rings. The summed E-state index contributed by atoms with van der Waals surface area (Å²) in [7, 11) is 0. The highest BCUT2D eigenvalue weighted by Crippen LogP contribution is 2.18. The van der Waals surface area contributed by atoms with Crippen molar-refractivity contribution in [3.05, 3.63) is 0 Å². The van der Waals surface area contributed by atoms with E-state index in [1.807, 2.05) is 0 Å². The first kappa shape index (κ1) is 14.3. The third kappa shape index (κ3) is 4.87. The van der Waals surface area contributed by atoms with Crippen LogP contribution in [0.4, 0.5) is 0 Å². The van der Waals surface area contributed by atoms with Crippen LogP contribution in [0.25, 0.3) is 0 Å². The Balaban J connectivity index is 1.53. The van der Waals surface area contributed by atoms with Gasteiger partial charge in [-0.05, 0) is 52.1 Å². The van der Waals surface area contributed by atoms with E-state index in [4.69, 9.17) is 0 Å². The summed E-state index contributed by atoms with van der Waals surface area (Å²) in [5.74, 6) is 0. The van der Waals surface area contributed by atoms with E-state index in [2.05, 4.69) is 29.0 Å². The van der Waals surface area contributed by atoms with Crippen molar-refractivity contribution < 1.29 is 0 Å². The minimum absolute atomic E-state index is 0.773. The highest BCUT2D eigenvalue weighted by atomic mass is 15.3. The Kier molecular flexibility index (Phi) is 5.93. The van der Waals surface area contributed by atoms with Crippen LogP contribution in [0.5, 0.6) is 0 Å². The Morgan fingerprint density at radius 2 is 1.89 bits per heavy atom. The van der Waals surface area contributed by atoms with E-state index < -0.39 is 0 Å². The predicted molar refractivity (Wildman–Crippen MR) is 78.0 cm³/mol. The maximum absolute atomic E-state index is 3.61. The molecule has 3 nitrogen and oxygen atoms in total. The van der Waals surface area contributed by atoms with E-state index in [1.54, 1.807) is 0 Å². The van der Waals surface area contributed by atoms with Gasteiger partial charge in [0.15, 0.2) is 0 Å². The summed E-state index contributed by atoms with van der Waals surface area (Å²) < 4.78 is 0. The molecule has 0 amide bonds. The van der Waals surface area contributed by atoms with Crippen molar-refractivity contribution in [3.8, 4) is 0 Å².